The zero-order valence-electron chi connectivity index (χ0n) is 12.8. The number of carbonyl (C=O) groups excluding carboxylic acids is 1. The molecule has 0 bridgehead atoms. The molecule has 1 saturated carbocycles. The molecule has 1 aliphatic rings. The molecule has 0 radical (unpaired) electrons. The lowest BCUT2D eigenvalue weighted by Crippen LogP contribution is -2.37. The van der Waals surface area contributed by atoms with Crippen LogP contribution in [0.3, 0.4) is 0 Å². The molecular formula is C17H22N2O3. The van der Waals surface area contributed by atoms with Crippen LogP contribution >= 0.6 is 0 Å². The quantitative estimate of drug-likeness (QED) is 0.821. The van der Waals surface area contributed by atoms with E-state index in [4.69, 9.17) is 11.2 Å². The second kappa shape index (κ2) is 7.71. The second-order valence-corrected chi connectivity index (χ2v) is 5.59. The highest BCUT2D eigenvalue weighted by atomic mass is 16.5. The molecule has 2 rings (SSSR count). The van der Waals surface area contributed by atoms with Crippen molar-refractivity contribution in [2.75, 3.05) is 25.5 Å². The number of carbonyl (C=O) groups is 1. The predicted octanol–water partition coefficient (Wildman–Crippen LogP) is 2.32. The minimum Gasteiger partial charge on any atom is -0.481 e. The van der Waals surface area contributed by atoms with Crippen LogP contribution in [0.15, 0.2) is 24.3 Å². The van der Waals surface area contributed by atoms with Gasteiger partial charge in [-0.2, -0.15) is 0 Å². The number of nitrogens with one attached hydrogen (secondary N) is 1. The van der Waals surface area contributed by atoms with Crippen molar-refractivity contribution in [3.05, 3.63) is 24.3 Å². The van der Waals surface area contributed by atoms with E-state index in [1.165, 1.54) is 0 Å². The predicted molar refractivity (Wildman–Crippen MR) is 85.8 cm³/mol. The molecule has 0 heterocycles. The third kappa shape index (κ3) is 4.40. The van der Waals surface area contributed by atoms with E-state index in [9.17, 15) is 9.90 Å². The molecule has 2 unspecified atom stereocenters. The normalized spacial score (nSPS) is 20.2. The van der Waals surface area contributed by atoms with Crippen LogP contribution in [0.2, 0.25) is 0 Å². The molecule has 0 spiro atoms. The van der Waals surface area contributed by atoms with Crippen LogP contribution in [0.1, 0.15) is 19.3 Å². The number of rotatable bonds is 5. The van der Waals surface area contributed by atoms with Crippen molar-refractivity contribution in [1.82, 2.24) is 4.90 Å². The number of anilines is 1. The van der Waals surface area contributed by atoms with Crippen molar-refractivity contribution in [2.24, 2.45) is 5.92 Å². The van der Waals surface area contributed by atoms with Gasteiger partial charge in [0.25, 0.3) is 0 Å². The SMILES string of the molecule is C#CCOc1ccc(NC(=O)N(C)CC2CCCC2O)cc1. The fourth-order valence-electron chi connectivity index (χ4n) is 2.64. The van der Waals surface area contributed by atoms with Crippen molar-refractivity contribution in [2.45, 2.75) is 25.4 Å². The zero-order valence-corrected chi connectivity index (χ0v) is 12.8. The Kier molecular flexibility index (Phi) is 5.68. The highest BCUT2D eigenvalue weighted by molar-refractivity contribution is 5.89. The average molecular weight is 302 g/mol. The van der Waals surface area contributed by atoms with Gasteiger partial charge in [0.05, 0.1) is 6.10 Å². The molecular weight excluding hydrogens is 280 g/mol. The van der Waals surface area contributed by atoms with E-state index in [1.54, 1.807) is 36.2 Å². The summed E-state index contributed by atoms with van der Waals surface area (Å²) < 4.78 is 5.28. The average Bonchev–Trinajstić information content (AvgIpc) is 2.91. The molecule has 5 heteroatoms. The lowest BCUT2D eigenvalue weighted by Gasteiger charge is -2.23. The number of urea groups is 1. The first-order valence-electron chi connectivity index (χ1n) is 7.46. The lowest BCUT2D eigenvalue weighted by molar-refractivity contribution is 0.116. The van der Waals surface area contributed by atoms with Gasteiger partial charge in [-0.1, -0.05) is 12.3 Å². The van der Waals surface area contributed by atoms with Crippen LogP contribution in [0.5, 0.6) is 5.75 Å². The third-order valence-electron chi connectivity index (χ3n) is 3.90. The summed E-state index contributed by atoms with van der Waals surface area (Å²) in [5, 5.41) is 12.6. The smallest absolute Gasteiger partial charge is 0.321 e. The molecule has 2 amide bonds. The number of hydrogen-bond acceptors (Lipinski definition) is 3. The number of nitrogens with zero attached hydrogens (tertiary/aromatic N) is 1. The summed E-state index contributed by atoms with van der Waals surface area (Å²) in [7, 11) is 1.74. The molecule has 2 N–H and O–H groups in total. The first kappa shape index (κ1) is 16.2. The monoisotopic (exact) mass is 302 g/mol. The Morgan fingerprint density at radius 3 is 2.77 bits per heavy atom. The van der Waals surface area contributed by atoms with Crippen molar-refractivity contribution in [1.29, 1.82) is 0 Å². The first-order valence-corrected chi connectivity index (χ1v) is 7.46. The molecule has 1 aromatic carbocycles. The van der Waals surface area contributed by atoms with Gasteiger partial charge in [-0.05, 0) is 37.1 Å². The van der Waals surface area contributed by atoms with E-state index in [1.807, 2.05) is 0 Å². The topological polar surface area (TPSA) is 61.8 Å². The minimum absolute atomic E-state index is 0.176. The number of ether oxygens (including phenoxy) is 1. The van der Waals surface area contributed by atoms with E-state index < -0.39 is 0 Å². The highest BCUT2D eigenvalue weighted by Gasteiger charge is 2.27. The molecule has 2 atom stereocenters. The van der Waals surface area contributed by atoms with Crippen molar-refractivity contribution in [3.8, 4) is 18.1 Å². The van der Waals surface area contributed by atoms with Crippen LogP contribution in [0.4, 0.5) is 10.5 Å². The molecule has 1 aliphatic carbocycles. The fourth-order valence-corrected chi connectivity index (χ4v) is 2.64. The van der Waals surface area contributed by atoms with Crippen LogP contribution < -0.4 is 10.1 Å². The Labute approximate surface area is 131 Å². The maximum absolute atomic E-state index is 12.1. The number of benzene rings is 1. The van der Waals surface area contributed by atoms with E-state index in [0.717, 1.165) is 19.3 Å². The maximum atomic E-state index is 12.1. The van der Waals surface area contributed by atoms with Gasteiger partial charge in [0, 0.05) is 25.2 Å². The van der Waals surface area contributed by atoms with Crippen LogP contribution in [0, 0.1) is 18.3 Å². The van der Waals surface area contributed by atoms with Crippen molar-refractivity contribution >= 4 is 11.7 Å². The first-order chi connectivity index (χ1) is 10.6. The Bertz CT molecular complexity index is 536. The van der Waals surface area contributed by atoms with Gasteiger partial charge >= 0.3 is 6.03 Å². The molecule has 0 aromatic heterocycles. The summed E-state index contributed by atoms with van der Waals surface area (Å²) in [6, 6.07) is 6.86. The molecule has 1 aromatic rings. The Balaban J connectivity index is 1.84. The summed E-state index contributed by atoms with van der Waals surface area (Å²) in [6.07, 6.45) is 7.67. The van der Waals surface area contributed by atoms with Gasteiger partial charge in [0.15, 0.2) is 0 Å². The minimum atomic E-state index is -0.289. The van der Waals surface area contributed by atoms with Gasteiger partial charge < -0.3 is 20.1 Å². The number of terminal acetylenes is 1. The molecule has 0 saturated heterocycles. The van der Waals surface area contributed by atoms with E-state index >= 15 is 0 Å². The largest absolute Gasteiger partial charge is 0.481 e. The van der Waals surface area contributed by atoms with E-state index in [0.29, 0.717) is 18.0 Å². The van der Waals surface area contributed by atoms with Crippen molar-refractivity contribution < 1.29 is 14.6 Å². The Morgan fingerprint density at radius 1 is 1.45 bits per heavy atom. The molecule has 0 aliphatic heterocycles. The molecule has 5 nitrogen and oxygen atoms in total. The fraction of sp³-hybridized carbons (Fsp3) is 0.471. The van der Waals surface area contributed by atoms with Gasteiger partial charge in [0.2, 0.25) is 0 Å². The standard InChI is InChI=1S/C17H22N2O3/c1-3-11-22-15-9-7-14(8-10-15)18-17(21)19(2)12-13-5-4-6-16(13)20/h1,7-10,13,16,20H,4-6,11-12H2,2H3,(H,18,21). The summed E-state index contributed by atoms with van der Waals surface area (Å²) in [4.78, 5) is 13.8. The number of hydrogen-bond donors (Lipinski definition) is 2. The highest BCUT2D eigenvalue weighted by Crippen LogP contribution is 2.26. The summed E-state index contributed by atoms with van der Waals surface area (Å²) in [6.45, 7) is 0.786. The summed E-state index contributed by atoms with van der Waals surface area (Å²) in [5.41, 5.74) is 0.692. The Morgan fingerprint density at radius 2 is 2.18 bits per heavy atom. The molecule has 22 heavy (non-hydrogen) atoms. The van der Waals surface area contributed by atoms with Gasteiger partial charge in [-0.3, -0.25) is 0 Å². The summed E-state index contributed by atoms with van der Waals surface area (Å²) in [5.74, 6) is 3.24. The van der Waals surface area contributed by atoms with Crippen LogP contribution in [-0.2, 0) is 0 Å². The zero-order chi connectivity index (χ0) is 15.9. The number of aliphatic hydroxyl groups excluding tert-OH is 1. The van der Waals surface area contributed by atoms with Gasteiger partial charge in [-0.15, -0.1) is 6.42 Å². The van der Waals surface area contributed by atoms with E-state index in [-0.39, 0.29) is 24.7 Å². The van der Waals surface area contributed by atoms with Crippen molar-refractivity contribution in [3.63, 3.8) is 0 Å². The van der Waals surface area contributed by atoms with Gasteiger partial charge in [-0.25, -0.2) is 4.79 Å². The van der Waals surface area contributed by atoms with E-state index in [2.05, 4.69) is 11.2 Å². The van der Waals surface area contributed by atoms with Crippen LogP contribution in [0.25, 0.3) is 0 Å². The lowest BCUT2D eigenvalue weighted by atomic mass is 10.1. The molecule has 118 valence electrons. The number of aliphatic hydroxyl groups is 1. The molecule has 1 fully saturated rings. The summed E-state index contributed by atoms with van der Waals surface area (Å²) >= 11 is 0. The second-order valence-electron chi connectivity index (χ2n) is 5.59. The third-order valence-corrected chi connectivity index (χ3v) is 3.90. The Hall–Kier alpha value is -2.19. The van der Waals surface area contributed by atoms with Gasteiger partial charge in [0.1, 0.15) is 12.4 Å². The van der Waals surface area contributed by atoms with Crippen LogP contribution in [-0.4, -0.2) is 42.3 Å². The maximum Gasteiger partial charge on any atom is 0.321 e. The number of amides is 2.